The summed E-state index contributed by atoms with van der Waals surface area (Å²) in [5.74, 6) is 0.892. The van der Waals surface area contributed by atoms with Crippen LogP contribution in [-0.4, -0.2) is 6.54 Å². The lowest BCUT2D eigenvalue weighted by Gasteiger charge is -2.22. The van der Waals surface area contributed by atoms with E-state index in [9.17, 15) is 0 Å². The molecule has 1 N–H and O–H groups in total. The second-order valence-corrected chi connectivity index (χ2v) is 7.86. The molecule has 2 rings (SSSR count). The molecule has 1 unspecified atom stereocenters. The lowest BCUT2D eigenvalue weighted by molar-refractivity contribution is 0.403. The normalized spacial score (nSPS) is 19.2. The minimum Gasteiger partial charge on any atom is -0.310 e. The Balaban J connectivity index is 1.86. The van der Waals surface area contributed by atoms with Crippen molar-refractivity contribution in [2.24, 2.45) is 5.92 Å². The molecule has 0 saturated heterocycles. The molecule has 1 aromatic carbocycles. The van der Waals surface area contributed by atoms with Gasteiger partial charge in [-0.3, -0.25) is 0 Å². The van der Waals surface area contributed by atoms with Crippen molar-refractivity contribution in [1.82, 2.24) is 5.32 Å². The number of hydrogen-bond donors (Lipinski definition) is 1. The van der Waals surface area contributed by atoms with Crippen molar-refractivity contribution in [3.05, 3.63) is 35.4 Å². The number of benzene rings is 1. The zero-order valence-corrected chi connectivity index (χ0v) is 14.4. The van der Waals surface area contributed by atoms with Crippen LogP contribution in [0.2, 0.25) is 0 Å². The maximum atomic E-state index is 3.75. The molecule has 1 heteroatoms. The number of rotatable bonds is 4. The molecular formula is C20H33N. The summed E-state index contributed by atoms with van der Waals surface area (Å²) >= 11 is 0. The third-order valence-electron chi connectivity index (χ3n) is 4.96. The third-order valence-corrected chi connectivity index (χ3v) is 4.96. The molecule has 0 spiro atoms. The van der Waals surface area contributed by atoms with Gasteiger partial charge in [0.15, 0.2) is 0 Å². The summed E-state index contributed by atoms with van der Waals surface area (Å²) in [4.78, 5) is 0. The van der Waals surface area contributed by atoms with Gasteiger partial charge >= 0.3 is 0 Å². The predicted octanol–water partition coefficient (Wildman–Crippen LogP) is 5.61. The molecule has 1 aromatic rings. The van der Waals surface area contributed by atoms with E-state index in [1.54, 1.807) is 0 Å². The fourth-order valence-corrected chi connectivity index (χ4v) is 3.30. The Labute approximate surface area is 131 Å². The SMILES string of the molecule is CC(NCC1CCCCCC1)c1ccc(C(C)(C)C)cc1. The van der Waals surface area contributed by atoms with E-state index in [2.05, 4.69) is 57.3 Å². The van der Waals surface area contributed by atoms with Gasteiger partial charge in [0.05, 0.1) is 0 Å². The maximum Gasteiger partial charge on any atom is 0.0291 e. The molecule has 118 valence electrons. The Morgan fingerprint density at radius 1 is 1.00 bits per heavy atom. The smallest absolute Gasteiger partial charge is 0.0291 e. The summed E-state index contributed by atoms with van der Waals surface area (Å²) in [7, 11) is 0. The maximum absolute atomic E-state index is 3.75. The first-order valence-electron chi connectivity index (χ1n) is 8.80. The summed E-state index contributed by atoms with van der Waals surface area (Å²) in [6.07, 6.45) is 8.59. The molecule has 0 heterocycles. The Morgan fingerprint density at radius 3 is 2.10 bits per heavy atom. The van der Waals surface area contributed by atoms with Gasteiger partial charge < -0.3 is 5.32 Å². The Morgan fingerprint density at radius 2 is 1.57 bits per heavy atom. The van der Waals surface area contributed by atoms with Crippen LogP contribution in [0.3, 0.4) is 0 Å². The Hall–Kier alpha value is -0.820. The molecule has 0 bridgehead atoms. The molecule has 1 aliphatic rings. The molecule has 1 aliphatic carbocycles. The minimum atomic E-state index is 0.246. The van der Waals surface area contributed by atoms with Crippen LogP contribution in [0.1, 0.15) is 83.4 Å². The van der Waals surface area contributed by atoms with Gasteiger partial charge in [0.25, 0.3) is 0 Å². The van der Waals surface area contributed by atoms with Gasteiger partial charge in [-0.25, -0.2) is 0 Å². The largest absolute Gasteiger partial charge is 0.310 e. The number of hydrogen-bond acceptors (Lipinski definition) is 1. The highest BCUT2D eigenvalue weighted by molar-refractivity contribution is 5.29. The first-order valence-corrected chi connectivity index (χ1v) is 8.80. The van der Waals surface area contributed by atoms with Crippen LogP contribution in [0.15, 0.2) is 24.3 Å². The standard InChI is InChI=1S/C20H33N/c1-16(21-15-17-9-7-5-6-8-10-17)18-11-13-19(14-12-18)20(2,3)4/h11-14,16-17,21H,5-10,15H2,1-4H3. The van der Waals surface area contributed by atoms with E-state index in [1.807, 2.05) is 0 Å². The second-order valence-electron chi connectivity index (χ2n) is 7.86. The predicted molar refractivity (Wildman–Crippen MR) is 92.8 cm³/mol. The van der Waals surface area contributed by atoms with Crippen LogP contribution in [0.4, 0.5) is 0 Å². The van der Waals surface area contributed by atoms with Crippen LogP contribution >= 0.6 is 0 Å². The lowest BCUT2D eigenvalue weighted by atomic mass is 9.86. The molecular weight excluding hydrogens is 254 g/mol. The van der Waals surface area contributed by atoms with Crippen LogP contribution in [0.5, 0.6) is 0 Å². The highest BCUT2D eigenvalue weighted by Gasteiger charge is 2.15. The zero-order valence-electron chi connectivity index (χ0n) is 14.4. The molecule has 21 heavy (non-hydrogen) atoms. The summed E-state index contributed by atoms with van der Waals surface area (Å²) in [5, 5.41) is 3.75. The van der Waals surface area contributed by atoms with E-state index in [1.165, 1.54) is 56.2 Å². The fourth-order valence-electron chi connectivity index (χ4n) is 3.30. The molecule has 0 radical (unpaired) electrons. The Kier molecular flexibility index (Phi) is 5.87. The van der Waals surface area contributed by atoms with E-state index in [0.717, 1.165) is 5.92 Å². The molecule has 1 atom stereocenters. The van der Waals surface area contributed by atoms with Gasteiger partial charge in [-0.05, 0) is 48.8 Å². The highest BCUT2D eigenvalue weighted by atomic mass is 14.9. The van der Waals surface area contributed by atoms with E-state index >= 15 is 0 Å². The number of nitrogens with one attached hydrogen (secondary N) is 1. The molecule has 1 saturated carbocycles. The second kappa shape index (κ2) is 7.45. The summed E-state index contributed by atoms with van der Waals surface area (Å²) in [6.45, 7) is 10.3. The average molecular weight is 287 g/mol. The van der Waals surface area contributed by atoms with Crippen LogP contribution in [0.25, 0.3) is 0 Å². The van der Waals surface area contributed by atoms with Crippen LogP contribution in [0, 0.1) is 5.92 Å². The summed E-state index contributed by atoms with van der Waals surface area (Å²) in [6, 6.07) is 9.64. The van der Waals surface area contributed by atoms with Crippen molar-refractivity contribution in [3.63, 3.8) is 0 Å². The van der Waals surface area contributed by atoms with E-state index in [4.69, 9.17) is 0 Å². The molecule has 0 amide bonds. The van der Waals surface area contributed by atoms with E-state index in [0.29, 0.717) is 6.04 Å². The van der Waals surface area contributed by atoms with Gasteiger partial charge in [0.2, 0.25) is 0 Å². The third kappa shape index (κ3) is 5.14. The quantitative estimate of drug-likeness (QED) is 0.710. The molecule has 0 aliphatic heterocycles. The van der Waals surface area contributed by atoms with Crippen molar-refractivity contribution in [3.8, 4) is 0 Å². The van der Waals surface area contributed by atoms with Gasteiger partial charge in [0.1, 0.15) is 0 Å². The summed E-state index contributed by atoms with van der Waals surface area (Å²) in [5.41, 5.74) is 3.08. The average Bonchev–Trinajstić information content (AvgIpc) is 2.72. The molecule has 0 aromatic heterocycles. The first-order chi connectivity index (χ1) is 9.97. The van der Waals surface area contributed by atoms with E-state index in [-0.39, 0.29) is 5.41 Å². The van der Waals surface area contributed by atoms with Crippen molar-refractivity contribution in [1.29, 1.82) is 0 Å². The fraction of sp³-hybridized carbons (Fsp3) is 0.700. The van der Waals surface area contributed by atoms with Gasteiger partial charge in [-0.15, -0.1) is 0 Å². The molecule has 1 nitrogen and oxygen atoms in total. The van der Waals surface area contributed by atoms with Gasteiger partial charge in [0, 0.05) is 6.04 Å². The van der Waals surface area contributed by atoms with Crippen molar-refractivity contribution < 1.29 is 0 Å². The van der Waals surface area contributed by atoms with Gasteiger partial charge in [-0.1, -0.05) is 70.7 Å². The topological polar surface area (TPSA) is 12.0 Å². The summed E-state index contributed by atoms with van der Waals surface area (Å²) < 4.78 is 0. The van der Waals surface area contributed by atoms with Crippen molar-refractivity contribution >= 4 is 0 Å². The van der Waals surface area contributed by atoms with Crippen molar-refractivity contribution in [2.45, 2.75) is 77.7 Å². The zero-order chi connectivity index (χ0) is 15.3. The van der Waals surface area contributed by atoms with Gasteiger partial charge in [-0.2, -0.15) is 0 Å². The first kappa shape index (κ1) is 16.5. The Bertz CT molecular complexity index is 404. The lowest BCUT2D eigenvalue weighted by Crippen LogP contribution is -2.25. The molecule has 1 fully saturated rings. The van der Waals surface area contributed by atoms with E-state index < -0.39 is 0 Å². The highest BCUT2D eigenvalue weighted by Crippen LogP contribution is 2.25. The van der Waals surface area contributed by atoms with Crippen molar-refractivity contribution in [2.75, 3.05) is 6.54 Å². The van der Waals surface area contributed by atoms with Crippen LogP contribution in [-0.2, 0) is 5.41 Å². The minimum absolute atomic E-state index is 0.246. The van der Waals surface area contributed by atoms with Crippen LogP contribution < -0.4 is 5.32 Å². The monoisotopic (exact) mass is 287 g/mol.